The largest absolute Gasteiger partial charge is 0.454 e. The van der Waals surface area contributed by atoms with E-state index in [2.05, 4.69) is 230 Å². The van der Waals surface area contributed by atoms with Crippen LogP contribution in [0.15, 0.2) is 224 Å². The minimum absolute atomic E-state index is 0.455. The molecule has 0 aliphatic heterocycles. The Kier molecular flexibility index (Phi) is 7.93. The highest BCUT2D eigenvalue weighted by atomic mass is 16.3. The fraction of sp³-hybridized carbons (Fsp3) is 0.0526. The molecule has 0 aliphatic carbocycles. The Hall–Kier alpha value is -10.6. The molecule has 0 saturated carbocycles. The molecule has 0 aliphatic rings. The molecule has 0 bridgehead atoms. The molecule has 0 atom stereocenters. The molecule has 0 spiro atoms. The molecule has 20 rings (SSSR count). The van der Waals surface area contributed by atoms with Gasteiger partial charge in [-0.05, 0) is 131 Å². The van der Waals surface area contributed by atoms with Crippen LogP contribution in [0.1, 0.15) is 30.9 Å². The molecule has 382 valence electrons. The lowest BCUT2D eigenvalue weighted by atomic mass is 9.96. The Morgan fingerprint density at radius 3 is 1.18 bits per heavy atom. The third-order valence-electron chi connectivity index (χ3n) is 18.6. The average Bonchev–Trinajstić information content (AvgIpc) is 1.79. The van der Waals surface area contributed by atoms with Crippen molar-refractivity contribution < 1.29 is 17.7 Å². The Balaban J connectivity index is 0.835. The van der Waals surface area contributed by atoms with Crippen molar-refractivity contribution in [3.63, 3.8) is 0 Å². The van der Waals surface area contributed by atoms with Crippen LogP contribution in [0.4, 0.5) is 0 Å². The highest BCUT2D eigenvalue weighted by Gasteiger charge is 2.29. The van der Waals surface area contributed by atoms with Crippen molar-refractivity contribution in [2.45, 2.75) is 26.7 Å². The molecule has 0 radical (unpaired) electrons. The van der Waals surface area contributed by atoms with Gasteiger partial charge in [-0.15, -0.1) is 0 Å². The van der Waals surface area contributed by atoms with Gasteiger partial charge in [0.2, 0.25) is 0 Å². The first kappa shape index (κ1) is 43.3. The molecule has 20 aromatic rings. The molecule has 0 saturated heterocycles. The summed E-state index contributed by atoms with van der Waals surface area (Å²) in [4.78, 5) is 0. The number of benzene rings is 12. The maximum atomic E-state index is 7.24. The van der Waals surface area contributed by atoms with Gasteiger partial charge in [-0.3, -0.25) is 0 Å². The molecule has 82 heavy (non-hydrogen) atoms. The van der Waals surface area contributed by atoms with Crippen molar-refractivity contribution in [1.82, 2.24) is 8.80 Å². The zero-order chi connectivity index (χ0) is 53.5. The van der Waals surface area contributed by atoms with Gasteiger partial charge in [0.25, 0.3) is 0 Å². The topological polar surface area (TPSA) is 61.4 Å². The van der Waals surface area contributed by atoms with Gasteiger partial charge in [-0.1, -0.05) is 147 Å². The summed E-state index contributed by atoms with van der Waals surface area (Å²) in [6.07, 6.45) is 0. The Morgan fingerprint density at radius 2 is 0.671 bits per heavy atom. The van der Waals surface area contributed by atoms with Gasteiger partial charge in [-0.2, -0.15) is 0 Å². The van der Waals surface area contributed by atoms with E-state index in [1.807, 2.05) is 6.07 Å². The number of furan rings is 4. The molecular weight excluding hydrogens is 1000 g/mol. The van der Waals surface area contributed by atoms with E-state index in [4.69, 9.17) is 17.7 Å². The fourth-order valence-electron chi connectivity index (χ4n) is 14.8. The standard InChI is InChI=1S/C76H44N2O4/c1-38(2)40-19-21-42(22-20-40)45-36-59-49-24-28-53-47-9-4-6-12-62(47)79-73(53)69(49)77-67(59)60(37-45)51-26-30-55-57-33-43(23-32-64(57)81-75(55)71(51)77)46-11-8-14-65-66(46)56-31-27-52-61-35-44(41-17-15-39(3)16-18-41)34-58-50-25-29-54-48-10-5-7-13-63(48)80-74(54)70(50)78(68(58)61)72(52)76(56)82-65/h4-38H,1-3H3. The van der Waals surface area contributed by atoms with E-state index in [1.54, 1.807) is 0 Å². The second-order valence-electron chi connectivity index (χ2n) is 23.3. The fourth-order valence-corrected chi connectivity index (χ4v) is 14.8. The number of rotatable bonds is 4. The van der Waals surface area contributed by atoms with Gasteiger partial charge in [-0.25, -0.2) is 0 Å². The molecule has 6 nitrogen and oxygen atoms in total. The summed E-state index contributed by atoms with van der Waals surface area (Å²) < 4.78 is 33.1. The number of fused-ring (bicyclic) bond motifs is 28. The summed E-state index contributed by atoms with van der Waals surface area (Å²) in [5.74, 6) is 0.455. The second-order valence-corrected chi connectivity index (χ2v) is 23.3. The van der Waals surface area contributed by atoms with E-state index < -0.39 is 0 Å². The summed E-state index contributed by atoms with van der Waals surface area (Å²) in [6.45, 7) is 6.64. The predicted octanol–water partition coefficient (Wildman–Crippen LogP) is 22.0. The van der Waals surface area contributed by atoms with E-state index in [0.717, 1.165) is 142 Å². The third-order valence-corrected chi connectivity index (χ3v) is 18.6. The van der Waals surface area contributed by atoms with Crippen LogP contribution in [0.2, 0.25) is 0 Å². The lowest BCUT2D eigenvalue weighted by Gasteiger charge is -2.08. The van der Waals surface area contributed by atoms with Crippen LogP contribution in [-0.4, -0.2) is 8.80 Å². The third kappa shape index (κ3) is 5.36. The zero-order valence-electron chi connectivity index (χ0n) is 44.7. The first-order valence-electron chi connectivity index (χ1n) is 28.4. The Labute approximate surface area is 465 Å². The summed E-state index contributed by atoms with van der Waals surface area (Å²) >= 11 is 0. The van der Waals surface area contributed by atoms with Crippen LogP contribution in [0, 0.1) is 6.92 Å². The smallest absolute Gasteiger partial charge is 0.160 e. The van der Waals surface area contributed by atoms with Crippen molar-refractivity contribution >= 4 is 164 Å². The maximum Gasteiger partial charge on any atom is 0.160 e. The first-order chi connectivity index (χ1) is 40.4. The van der Waals surface area contributed by atoms with Crippen LogP contribution in [0.5, 0.6) is 0 Å². The molecule has 8 heterocycles. The summed E-state index contributed by atoms with van der Waals surface area (Å²) in [6, 6.07) is 75.6. The van der Waals surface area contributed by atoms with Gasteiger partial charge >= 0.3 is 0 Å². The quantitative estimate of drug-likeness (QED) is 0.176. The van der Waals surface area contributed by atoms with Gasteiger partial charge in [0.1, 0.15) is 22.3 Å². The van der Waals surface area contributed by atoms with Crippen LogP contribution < -0.4 is 0 Å². The summed E-state index contributed by atoms with van der Waals surface area (Å²) in [5.41, 5.74) is 22.9. The van der Waals surface area contributed by atoms with Crippen molar-refractivity contribution in [3.05, 3.63) is 217 Å². The van der Waals surface area contributed by atoms with Gasteiger partial charge in [0.15, 0.2) is 22.3 Å². The number of aryl methyl sites for hydroxylation is 1. The van der Waals surface area contributed by atoms with Crippen molar-refractivity contribution in [2.75, 3.05) is 0 Å². The van der Waals surface area contributed by atoms with Crippen LogP contribution in [0.3, 0.4) is 0 Å². The van der Waals surface area contributed by atoms with Gasteiger partial charge < -0.3 is 26.5 Å². The van der Waals surface area contributed by atoms with Crippen LogP contribution in [-0.2, 0) is 0 Å². The number of aromatic nitrogens is 2. The van der Waals surface area contributed by atoms with E-state index in [9.17, 15) is 0 Å². The van der Waals surface area contributed by atoms with Gasteiger partial charge in [0.05, 0.1) is 33.1 Å². The highest BCUT2D eigenvalue weighted by molar-refractivity contribution is 6.34. The number of hydrogen-bond donors (Lipinski definition) is 0. The molecule has 0 unspecified atom stereocenters. The normalized spacial score (nSPS) is 12.9. The predicted molar refractivity (Wildman–Crippen MR) is 340 cm³/mol. The molecule has 0 amide bonds. The van der Waals surface area contributed by atoms with Crippen molar-refractivity contribution in [1.29, 1.82) is 0 Å². The molecule has 6 heteroatoms. The second kappa shape index (κ2) is 15.0. The number of hydrogen-bond acceptors (Lipinski definition) is 4. The Morgan fingerprint density at radius 1 is 0.280 bits per heavy atom. The maximum absolute atomic E-state index is 7.24. The first-order valence-corrected chi connectivity index (χ1v) is 28.4. The zero-order valence-corrected chi connectivity index (χ0v) is 44.7. The molecule has 12 aromatic carbocycles. The van der Waals surface area contributed by atoms with E-state index in [-0.39, 0.29) is 0 Å². The molecule has 0 fully saturated rings. The van der Waals surface area contributed by atoms with E-state index in [0.29, 0.717) is 5.92 Å². The lowest BCUT2D eigenvalue weighted by molar-refractivity contribution is 0.669. The monoisotopic (exact) mass is 1050 g/mol. The molecule has 0 N–H and O–H groups in total. The summed E-state index contributed by atoms with van der Waals surface area (Å²) in [7, 11) is 0. The van der Waals surface area contributed by atoms with Crippen molar-refractivity contribution in [2.24, 2.45) is 0 Å². The van der Waals surface area contributed by atoms with Gasteiger partial charge in [0, 0.05) is 86.2 Å². The number of para-hydroxylation sites is 2. The number of nitrogens with zero attached hydrogens (tertiary/aromatic N) is 2. The molecule has 8 aromatic heterocycles. The van der Waals surface area contributed by atoms with E-state index >= 15 is 0 Å². The van der Waals surface area contributed by atoms with Crippen LogP contribution in [0.25, 0.3) is 197 Å². The minimum atomic E-state index is 0.455. The average molecular weight is 1050 g/mol. The minimum Gasteiger partial charge on any atom is -0.454 e. The van der Waals surface area contributed by atoms with Crippen LogP contribution >= 0.6 is 0 Å². The highest BCUT2D eigenvalue weighted by Crippen LogP contribution is 2.51. The van der Waals surface area contributed by atoms with E-state index in [1.165, 1.54) is 66.0 Å². The lowest BCUT2D eigenvalue weighted by Crippen LogP contribution is -1.86. The summed E-state index contributed by atoms with van der Waals surface area (Å²) in [5, 5.41) is 18.0. The SMILES string of the molecule is Cc1ccc(-c2cc3c4ccc5c6ccccc6oc5c4n4c3c(c2)c2ccc3c(oc5cccc(-c6ccc7oc8c(ccc9c%10cc(-c%11ccc(C(C)C)cc%11)cc%11c%12ccc%13c%14ccccc%14oc%13c%12n(c%11%10)c98)c7c6)c53)c24)cc1. The molecular formula is C76H44N2O4. The van der Waals surface area contributed by atoms with Crippen molar-refractivity contribution in [3.8, 4) is 33.4 Å². The Bertz CT molecular complexity index is 6210.